The first-order valence-corrected chi connectivity index (χ1v) is 8.65. The minimum atomic E-state index is 0.426. The molecule has 0 aliphatic rings. The fourth-order valence-corrected chi connectivity index (χ4v) is 4.51. The second kappa shape index (κ2) is 6.48. The third kappa shape index (κ3) is 4.17. The van der Waals surface area contributed by atoms with Crippen molar-refractivity contribution in [3.8, 4) is 0 Å². The summed E-state index contributed by atoms with van der Waals surface area (Å²) in [7, 11) is 0. The standard InChI is InChI=1S/C12H13Br2NS2/c1-8(11-6-9(13)7-16-11)15-5-4-10-2-3-12(14)17-10/h2-3,6-8,15H,4-5H2,1H3. The average molecular weight is 395 g/mol. The van der Waals surface area contributed by atoms with Gasteiger partial charge in [0, 0.05) is 32.2 Å². The number of hydrogen-bond donors (Lipinski definition) is 1. The zero-order valence-corrected chi connectivity index (χ0v) is 14.2. The van der Waals surface area contributed by atoms with Crippen molar-refractivity contribution in [3.05, 3.63) is 41.6 Å². The van der Waals surface area contributed by atoms with Gasteiger partial charge in [-0.3, -0.25) is 0 Å². The Hall–Kier alpha value is 0.320. The van der Waals surface area contributed by atoms with Crippen LogP contribution in [-0.2, 0) is 6.42 Å². The molecular formula is C12H13Br2NS2. The molecule has 0 saturated heterocycles. The van der Waals surface area contributed by atoms with E-state index in [9.17, 15) is 0 Å². The van der Waals surface area contributed by atoms with Crippen LogP contribution in [0.25, 0.3) is 0 Å². The Balaban J connectivity index is 1.78. The predicted octanol–water partition coefficient (Wildman–Crippen LogP) is 5.23. The van der Waals surface area contributed by atoms with Crippen LogP contribution in [0, 0.1) is 0 Å². The van der Waals surface area contributed by atoms with Gasteiger partial charge in [-0.2, -0.15) is 0 Å². The van der Waals surface area contributed by atoms with Crippen molar-refractivity contribution in [2.24, 2.45) is 0 Å². The normalized spacial score (nSPS) is 12.9. The second-order valence-electron chi connectivity index (χ2n) is 3.80. The van der Waals surface area contributed by atoms with E-state index in [2.05, 4.69) is 67.7 Å². The molecule has 1 unspecified atom stereocenters. The van der Waals surface area contributed by atoms with Crippen LogP contribution in [-0.4, -0.2) is 6.54 Å². The Morgan fingerprint density at radius 3 is 2.76 bits per heavy atom. The lowest BCUT2D eigenvalue weighted by atomic mass is 10.2. The summed E-state index contributed by atoms with van der Waals surface area (Å²) in [4.78, 5) is 2.80. The first-order chi connectivity index (χ1) is 8.15. The number of halogens is 2. The van der Waals surface area contributed by atoms with Crippen LogP contribution in [0.4, 0.5) is 0 Å². The van der Waals surface area contributed by atoms with Gasteiger partial charge in [-0.05, 0) is 63.4 Å². The topological polar surface area (TPSA) is 12.0 Å². The minimum Gasteiger partial charge on any atom is -0.309 e. The summed E-state index contributed by atoms with van der Waals surface area (Å²) in [5, 5.41) is 5.68. The molecular weight excluding hydrogens is 382 g/mol. The van der Waals surface area contributed by atoms with Crippen molar-refractivity contribution < 1.29 is 0 Å². The summed E-state index contributed by atoms with van der Waals surface area (Å²) < 4.78 is 2.39. The van der Waals surface area contributed by atoms with Gasteiger partial charge in [-0.1, -0.05) is 0 Å². The second-order valence-corrected chi connectivity index (χ2v) is 8.20. The molecule has 0 aliphatic carbocycles. The highest BCUT2D eigenvalue weighted by Gasteiger charge is 2.07. The van der Waals surface area contributed by atoms with E-state index in [0.717, 1.165) is 13.0 Å². The van der Waals surface area contributed by atoms with Gasteiger partial charge >= 0.3 is 0 Å². The molecule has 2 aromatic heterocycles. The van der Waals surface area contributed by atoms with E-state index in [1.54, 1.807) is 11.3 Å². The molecule has 0 fully saturated rings. The molecule has 0 saturated carbocycles. The summed E-state index contributed by atoms with van der Waals surface area (Å²) in [6.07, 6.45) is 1.09. The van der Waals surface area contributed by atoms with Crippen molar-refractivity contribution in [3.63, 3.8) is 0 Å². The van der Waals surface area contributed by atoms with Gasteiger partial charge < -0.3 is 5.32 Å². The van der Waals surface area contributed by atoms with Gasteiger partial charge in [0.2, 0.25) is 0 Å². The smallest absolute Gasteiger partial charge is 0.0701 e. The molecule has 0 spiro atoms. The largest absolute Gasteiger partial charge is 0.309 e. The fourth-order valence-electron chi connectivity index (χ4n) is 1.55. The molecule has 1 nitrogen and oxygen atoms in total. The van der Waals surface area contributed by atoms with Gasteiger partial charge in [-0.25, -0.2) is 0 Å². The Labute approximate surface area is 127 Å². The molecule has 2 aromatic rings. The highest BCUT2D eigenvalue weighted by molar-refractivity contribution is 9.11. The Kier molecular flexibility index (Phi) is 5.24. The molecule has 5 heteroatoms. The molecule has 0 bridgehead atoms. The van der Waals surface area contributed by atoms with Crippen molar-refractivity contribution in [1.82, 2.24) is 5.32 Å². The maximum atomic E-state index is 3.55. The van der Waals surface area contributed by atoms with Crippen molar-refractivity contribution >= 4 is 54.5 Å². The van der Waals surface area contributed by atoms with E-state index in [1.807, 2.05) is 11.3 Å². The highest BCUT2D eigenvalue weighted by Crippen LogP contribution is 2.25. The number of nitrogens with one attached hydrogen (secondary N) is 1. The third-order valence-electron chi connectivity index (χ3n) is 2.47. The maximum absolute atomic E-state index is 3.55. The van der Waals surface area contributed by atoms with E-state index < -0.39 is 0 Å². The predicted molar refractivity (Wildman–Crippen MR) is 84.2 cm³/mol. The summed E-state index contributed by atoms with van der Waals surface area (Å²) in [6.45, 7) is 3.23. The first-order valence-electron chi connectivity index (χ1n) is 5.36. The van der Waals surface area contributed by atoms with Gasteiger partial charge in [-0.15, -0.1) is 22.7 Å². The number of rotatable bonds is 5. The third-order valence-corrected chi connectivity index (χ3v) is 6.02. The van der Waals surface area contributed by atoms with E-state index >= 15 is 0 Å². The van der Waals surface area contributed by atoms with Crippen LogP contribution in [0.5, 0.6) is 0 Å². The van der Waals surface area contributed by atoms with E-state index in [4.69, 9.17) is 0 Å². The van der Waals surface area contributed by atoms with E-state index in [0.29, 0.717) is 6.04 Å². The molecule has 0 aliphatic heterocycles. The van der Waals surface area contributed by atoms with Crippen LogP contribution < -0.4 is 5.32 Å². The zero-order valence-electron chi connectivity index (χ0n) is 9.37. The summed E-state index contributed by atoms with van der Waals surface area (Å²) >= 11 is 10.6. The lowest BCUT2D eigenvalue weighted by Gasteiger charge is -2.11. The van der Waals surface area contributed by atoms with Crippen LogP contribution in [0.3, 0.4) is 0 Å². The first kappa shape index (κ1) is 13.7. The van der Waals surface area contributed by atoms with Crippen LogP contribution in [0.1, 0.15) is 22.7 Å². The van der Waals surface area contributed by atoms with Crippen molar-refractivity contribution in [1.29, 1.82) is 0 Å². The molecule has 92 valence electrons. The van der Waals surface area contributed by atoms with Crippen LogP contribution in [0.15, 0.2) is 31.8 Å². The van der Waals surface area contributed by atoms with Crippen molar-refractivity contribution in [2.75, 3.05) is 6.54 Å². The molecule has 0 amide bonds. The highest BCUT2D eigenvalue weighted by atomic mass is 79.9. The summed E-state index contributed by atoms with van der Waals surface area (Å²) in [5.74, 6) is 0. The van der Waals surface area contributed by atoms with Gasteiger partial charge in [0.1, 0.15) is 0 Å². The quantitative estimate of drug-likeness (QED) is 0.732. The summed E-state index contributed by atoms with van der Waals surface area (Å²) in [6, 6.07) is 6.90. The Bertz CT molecular complexity index is 478. The van der Waals surface area contributed by atoms with E-state index in [1.165, 1.54) is 18.0 Å². The van der Waals surface area contributed by atoms with E-state index in [-0.39, 0.29) is 0 Å². The maximum Gasteiger partial charge on any atom is 0.0701 e. The Morgan fingerprint density at radius 2 is 2.18 bits per heavy atom. The monoisotopic (exact) mass is 393 g/mol. The van der Waals surface area contributed by atoms with Crippen LogP contribution >= 0.6 is 54.5 Å². The van der Waals surface area contributed by atoms with Gasteiger partial charge in [0.25, 0.3) is 0 Å². The minimum absolute atomic E-state index is 0.426. The lowest BCUT2D eigenvalue weighted by molar-refractivity contribution is 0.586. The zero-order chi connectivity index (χ0) is 12.3. The molecule has 1 N–H and O–H groups in total. The Morgan fingerprint density at radius 1 is 1.35 bits per heavy atom. The van der Waals surface area contributed by atoms with Gasteiger partial charge in [0.05, 0.1) is 3.79 Å². The number of hydrogen-bond acceptors (Lipinski definition) is 3. The molecule has 0 aromatic carbocycles. The van der Waals surface area contributed by atoms with Crippen molar-refractivity contribution in [2.45, 2.75) is 19.4 Å². The van der Waals surface area contributed by atoms with Gasteiger partial charge in [0.15, 0.2) is 0 Å². The van der Waals surface area contributed by atoms with Crippen LogP contribution in [0.2, 0.25) is 0 Å². The molecule has 17 heavy (non-hydrogen) atoms. The molecule has 2 rings (SSSR count). The average Bonchev–Trinajstić information content (AvgIpc) is 2.88. The SMILES string of the molecule is CC(NCCc1ccc(Br)s1)c1cc(Br)cs1. The molecule has 2 heterocycles. The summed E-state index contributed by atoms with van der Waals surface area (Å²) in [5.41, 5.74) is 0. The lowest BCUT2D eigenvalue weighted by Crippen LogP contribution is -2.20. The molecule has 1 atom stereocenters. The molecule has 0 radical (unpaired) electrons. The fraction of sp³-hybridized carbons (Fsp3) is 0.333. The number of thiophene rings is 2.